The second kappa shape index (κ2) is 6.09. The highest BCUT2D eigenvalue weighted by molar-refractivity contribution is 9.10. The Balaban J connectivity index is 2.50. The van der Waals surface area contributed by atoms with Crippen molar-refractivity contribution in [2.45, 2.75) is 13.8 Å². The van der Waals surface area contributed by atoms with Crippen molar-refractivity contribution in [3.63, 3.8) is 0 Å². The molecule has 0 atom stereocenters. The second-order valence-electron chi connectivity index (χ2n) is 4.42. The van der Waals surface area contributed by atoms with Crippen molar-refractivity contribution in [2.24, 2.45) is 10.9 Å². The topological polar surface area (TPSA) is 80.7 Å². The number of benzene rings is 1. The lowest BCUT2D eigenvalue weighted by atomic mass is 10.1. The lowest BCUT2D eigenvalue weighted by Crippen LogP contribution is -2.17. The van der Waals surface area contributed by atoms with Crippen LogP contribution in [0.15, 0.2) is 33.9 Å². The van der Waals surface area contributed by atoms with Crippen LogP contribution in [-0.2, 0) is 0 Å². The van der Waals surface area contributed by atoms with Gasteiger partial charge < -0.3 is 15.7 Å². The van der Waals surface area contributed by atoms with Crippen LogP contribution >= 0.6 is 15.9 Å². The minimum Gasteiger partial charge on any atom is -0.438 e. The molecule has 0 aliphatic heterocycles. The van der Waals surface area contributed by atoms with Crippen LogP contribution in [0.1, 0.15) is 16.8 Å². The maximum atomic E-state index is 13.2. The molecule has 2 rings (SSSR count). The summed E-state index contributed by atoms with van der Waals surface area (Å²) in [5.41, 5.74) is 7.54. The monoisotopic (exact) mass is 353 g/mol. The van der Waals surface area contributed by atoms with E-state index in [-0.39, 0.29) is 16.2 Å². The molecule has 7 heteroatoms. The van der Waals surface area contributed by atoms with Gasteiger partial charge in [0, 0.05) is 5.69 Å². The van der Waals surface area contributed by atoms with Crippen molar-refractivity contribution in [3.05, 3.63) is 51.4 Å². The zero-order valence-corrected chi connectivity index (χ0v) is 13.0. The highest BCUT2D eigenvalue weighted by Crippen LogP contribution is 2.29. The fourth-order valence-electron chi connectivity index (χ4n) is 1.89. The van der Waals surface area contributed by atoms with Crippen LogP contribution in [0.4, 0.5) is 4.39 Å². The van der Waals surface area contributed by atoms with E-state index in [9.17, 15) is 4.39 Å². The Hall–Kier alpha value is -2.15. The molecular formula is C14H13BrFN3O2. The molecule has 1 aromatic carbocycles. The van der Waals surface area contributed by atoms with Crippen molar-refractivity contribution in [2.75, 3.05) is 0 Å². The second-order valence-corrected chi connectivity index (χ2v) is 5.28. The third-order valence-corrected chi connectivity index (χ3v) is 3.39. The van der Waals surface area contributed by atoms with Crippen molar-refractivity contribution < 1.29 is 14.3 Å². The molecule has 0 spiro atoms. The van der Waals surface area contributed by atoms with E-state index >= 15 is 0 Å². The molecule has 0 fully saturated rings. The molecule has 2 aromatic rings. The van der Waals surface area contributed by atoms with Gasteiger partial charge in [-0.05, 0) is 59.6 Å². The van der Waals surface area contributed by atoms with Gasteiger partial charge in [-0.3, -0.25) is 0 Å². The summed E-state index contributed by atoms with van der Waals surface area (Å²) in [6.45, 7) is 3.60. The number of rotatable bonds is 3. The van der Waals surface area contributed by atoms with E-state index in [4.69, 9.17) is 15.7 Å². The molecule has 1 heterocycles. The van der Waals surface area contributed by atoms with Crippen LogP contribution in [-0.4, -0.2) is 16.0 Å². The number of nitrogens with zero attached hydrogens (tertiary/aromatic N) is 2. The molecule has 110 valence electrons. The van der Waals surface area contributed by atoms with Gasteiger partial charge in [-0.25, -0.2) is 9.37 Å². The van der Waals surface area contributed by atoms with Gasteiger partial charge in [-0.2, -0.15) is 0 Å². The molecular weight excluding hydrogens is 341 g/mol. The van der Waals surface area contributed by atoms with Crippen LogP contribution in [0.3, 0.4) is 0 Å². The summed E-state index contributed by atoms with van der Waals surface area (Å²) in [7, 11) is 0. The number of nitrogens with two attached hydrogens (primary N) is 1. The van der Waals surface area contributed by atoms with E-state index in [1.54, 1.807) is 19.9 Å². The maximum Gasteiger partial charge on any atom is 0.230 e. The minimum atomic E-state index is -0.396. The number of hydrogen-bond donors (Lipinski definition) is 2. The molecule has 0 aliphatic rings. The number of aromatic nitrogens is 1. The average molecular weight is 354 g/mol. The summed E-state index contributed by atoms with van der Waals surface area (Å²) in [5.74, 6) is 0.0811. The smallest absolute Gasteiger partial charge is 0.230 e. The Morgan fingerprint density at radius 2 is 2.10 bits per heavy atom. The van der Waals surface area contributed by atoms with E-state index in [1.807, 2.05) is 0 Å². The first-order valence-corrected chi connectivity index (χ1v) is 6.80. The molecule has 0 saturated heterocycles. The van der Waals surface area contributed by atoms with Gasteiger partial charge in [-0.15, -0.1) is 0 Å². The van der Waals surface area contributed by atoms with E-state index in [1.165, 1.54) is 18.2 Å². The Labute approximate surface area is 129 Å². The molecule has 5 nitrogen and oxygen atoms in total. The highest BCUT2D eigenvalue weighted by atomic mass is 79.9. The predicted octanol–water partition coefficient (Wildman–Crippen LogP) is 3.49. The Morgan fingerprint density at radius 1 is 1.38 bits per heavy atom. The van der Waals surface area contributed by atoms with Gasteiger partial charge in [0.15, 0.2) is 5.84 Å². The molecule has 21 heavy (non-hydrogen) atoms. The van der Waals surface area contributed by atoms with Gasteiger partial charge in [0.25, 0.3) is 0 Å². The number of hydrogen-bond acceptors (Lipinski definition) is 4. The molecule has 3 N–H and O–H groups in total. The summed E-state index contributed by atoms with van der Waals surface area (Å²) in [6, 6.07) is 6.01. The normalized spacial score (nSPS) is 11.5. The molecule has 0 saturated carbocycles. The lowest BCUT2D eigenvalue weighted by Gasteiger charge is -2.13. The molecule has 1 aromatic heterocycles. The quantitative estimate of drug-likeness (QED) is 0.383. The third kappa shape index (κ3) is 3.30. The standard InChI is InChI=1S/C14H13BrFN3O2/c1-7-5-8(2)18-14(12(7)13(17)19-20)21-9-3-4-11(16)10(15)6-9/h3-6,20H,1-2H3,(H2,17,19). The molecule has 0 aliphatic carbocycles. The summed E-state index contributed by atoms with van der Waals surface area (Å²) in [6.07, 6.45) is 0. The van der Waals surface area contributed by atoms with E-state index in [0.717, 1.165) is 11.3 Å². The van der Waals surface area contributed by atoms with Gasteiger partial charge >= 0.3 is 0 Å². The van der Waals surface area contributed by atoms with Crippen LogP contribution in [0.2, 0.25) is 0 Å². The fraction of sp³-hybridized carbons (Fsp3) is 0.143. The van der Waals surface area contributed by atoms with Gasteiger partial charge in [0.1, 0.15) is 11.6 Å². The highest BCUT2D eigenvalue weighted by Gasteiger charge is 2.16. The van der Waals surface area contributed by atoms with Crippen molar-refractivity contribution in [3.8, 4) is 11.6 Å². The van der Waals surface area contributed by atoms with Gasteiger partial charge in [-0.1, -0.05) is 5.16 Å². The van der Waals surface area contributed by atoms with Crippen molar-refractivity contribution in [1.29, 1.82) is 0 Å². The van der Waals surface area contributed by atoms with Crippen LogP contribution < -0.4 is 10.5 Å². The van der Waals surface area contributed by atoms with Crippen molar-refractivity contribution >= 4 is 21.8 Å². The molecule has 0 bridgehead atoms. The summed E-state index contributed by atoms with van der Waals surface area (Å²) in [4.78, 5) is 4.25. The Kier molecular flexibility index (Phi) is 4.42. The largest absolute Gasteiger partial charge is 0.438 e. The fourth-order valence-corrected chi connectivity index (χ4v) is 2.25. The zero-order chi connectivity index (χ0) is 15.6. The lowest BCUT2D eigenvalue weighted by molar-refractivity contribution is 0.318. The number of aryl methyl sites for hydroxylation is 2. The third-order valence-electron chi connectivity index (χ3n) is 2.78. The van der Waals surface area contributed by atoms with Gasteiger partial charge in [0.2, 0.25) is 5.88 Å². The maximum absolute atomic E-state index is 13.2. The Bertz CT molecular complexity index is 720. The average Bonchev–Trinajstić information content (AvgIpc) is 2.41. The molecule has 0 amide bonds. The zero-order valence-electron chi connectivity index (χ0n) is 11.4. The number of ether oxygens (including phenoxy) is 1. The number of oxime groups is 1. The number of amidine groups is 1. The van der Waals surface area contributed by atoms with Crippen molar-refractivity contribution in [1.82, 2.24) is 4.98 Å². The summed E-state index contributed by atoms with van der Waals surface area (Å²) < 4.78 is 19.2. The van der Waals surface area contributed by atoms with Crippen LogP contribution in [0, 0.1) is 19.7 Å². The first kappa shape index (κ1) is 15.2. The summed E-state index contributed by atoms with van der Waals surface area (Å²) >= 11 is 3.09. The first-order chi connectivity index (χ1) is 9.92. The summed E-state index contributed by atoms with van der Waals surface area (Å²) in [5, 5.41) is 11.9. The minimum absolute atomic E-state index is 0.101. The molecule has 0 radical (unpaired) electrons. The van der Waals surface area contributed by atoms with Crippen LogP contribution in [0.25, 0.3) is 0 Å². The van der Waals surface area contributed by atoms with E-state index < -0.39 is 5.82 Å². The SMILES string of the molecule is Cc1cc(C)c(/C(N)=N/O)c(Oc2ccc(F)c(Br)c2)n1. The Morgan fingerprint density at radius 3 is 2.71 bits per heavy atom. The van der Waals surface area contributed by atoms with E-state index in [0.29, 0.717) is 11.3 Å². The number of halogens is 2. The molecule has 0 unspecified atom stereocenters. The van der Waals surface area contributed by atoms with E-state index in [2.05, 4.69) is 26.1 Å². The first-order valence-electron chi connectivity index (χ1n) is 6.01. The van der Waals surface area contributed by atoms with Gasteiger partial charge in [0.05, 0.1) is 10.0 Å². The van der Waals surface area contributed by atoms with Crippen LogP contribution in [0.5, 0.6) is 11.6 Å². The number of pyridine rings is 1. The predicted molar refractivity (Wildman–Crippen MR) is 80.4 cm³/mol.